The zero-order valence-corrected chi connectivity index (χ0v) is 14.3. The molecule has 0 aliphatic carbocycles. The van der Waals surface area contributed by atoms with E-state index in [0.29, 0.717) is 16.5 Å². The van der Waals surface area contributed by atoms with Gasteiger partial charge in [-0.2, -0.15) is 0 Å². The molecule has 0 radical (unpaired) electrons. The third kappa shape index (κ3) is 3.17. The maximum absolute atomic E-state index is 12.9. The van der Waals surface area contributed by atoms with Crippen molar-refractivity contribution in [1.82, 2.24) is 9.88 Å². The highest BCUT2D eigenvalue weighted by atomic mass is 35.5. The first-order valence-corrected chi connectivity index (χ1v) is 8.67. The minimum atomic E-state index is -0.0699. The lowest BCUT2D eigenvalue weighted by Gasteiger charge is -2.24. The monoisotopic (exact) mass is 352 g/mol. The highest BCUT2D eigenvalue weighted by Gasteiger charge is 2.32. The lowest BCUT2D eigenvalue weighted by atomic mass is 10.1. The van der Waals surface area contributed by atoms with E-state index >= 15 is 0 Å². The summed E-state index contributed by atoms with van der Waals surface area (Å²) in [6.45, 7) is 0.739. The van der Waals surface area contributed by atoms with Crippen LogP contribution in [-0.4, -0.2) is 22.3 Å². The summed E-state index contributed by atoms with van der Waals surface area (Å²) in [5.74, 6) is 0.963. The fourth-order valence-corrected chi connectivity index (χ4v) is 3.43. The van der Waals surface area contributed by atoms with Gasteiger partial charge in [0.2, 0.25) is 0 Å². The number of rotatable bonds is 3. The standard InChI is InChI=1S/C20H17ClN2O2/c21-16-5-3-15(4-6-16)18-7-8-19(25-18)20(24)23-13-1-2-17(23)14-9-11-22-12-10-14/h3-12,17H,1-2,13H2. The molecular weight excluding hydrogens is 336 g/mol. The Morgan fingerprint density at radius 3 is 2.60 bits per heavy atom. The number of carbonyl (C=O) groups excluding carboxylic acids is 1. The number of halogens is 1. The molecule has 5 heteroatoms. The number of amides is 1. The molecule has 3 heterocycles. The number of furan rings is 1. The van der Waals surface area contributed by atoms with Gasteiger partial charge in [-0.05, 0) is 66.9 Å². The number of nitrogens with zero attached hydrogens (tertiary/aromatic N) is 2. The van der Waals surface area contributed by atoms with E-state index in [1.54, 1.807) is 30.6 Å². The molecule has 126 valence electrons. The Morgan fingerprint density at radius 1 is 1.08 bits per heavy atom. The summed E-state index contributed by atoms with van der Waals surface area (Å²) in [6, 6.07) is 15.0. The summed E-state index contributed by atoms with van der Waals surface area (Å²) in [5, 5.41) is 0.670. The quantitative estimate of drug-likeness (QED) is 0.668. The molecule has 0 spiro atoms. The summed E-state index contributed by atoms with van der Waals surface area (Å²) in [7, 11) is 0. The van der Waals surface area contributed by atoms with Gasteiger partial charge in [0.25, 0.3) is 5.91 Å². The summed E-state index contributed by atoms with van der Waals surface area (Å²) < 4.78 is 5.82. The topological polar surface area (TPSA) is 46.3 Å². The van der Waals surface area contributed by atoms with Crippen LogP contribution >= 0.6 is 11.6 Å². The van der Waals surface area contributed by atoms with Crippen molar-refractivity contribution in [3.8, 4) is 11.3 Å². The van der Waals surface area contributed by atoms with Gasteiger partial charge in [0.1, 0.15) is 5.76 Å². The molecule has 1 atom stereocenters. The highest BCUT2D eigenvalue weighted by Crippen LogP contribution is 2.33. The number of hydrogen-bond donors (Lipinski definition) is 0. The number of benzene rings is 1. The van der Waals surface area contributed by atoms with E-state index in [1.807, 2.05) is 35.2 Å². The molecule has 1 unspecified atom stereocenters. The number of carbonyl (C=O) groups is 1. The van der Waals surface area contributed by atoms with E-state index in [4.69, 9.17) is 16.0 Å². The molecule has 0 saturated carbocycles. The molecule has 1 saturated heterocycles. The zero-order chi connectivity index (χ0) is 17.2. The lowest BCUT2D eigenvalue weighted by Crippen LogP contribution is -2.30. The van der Waals surface area contributed by atoms with E-state index in [-0.39, 0.29) is 11.9 Å². The average Bonchev–Trinajstić information content (AvgIpc) is 3.32. The van der Waals surface area contributed by atoms with Crippen molar-refractivity contribution in [2.45, 2.75) is 18.9 Å². The van der Waals surface area contributed by atoms with Gasteiger partial charge in [-0.15, -0.1) is 0 Å². The van der Waals surface area contributed by atoms with E-state index < -0.39 is 0 Å². The molecule has 1 aliphatic heterocycles. The molecule has 4 rings (SSSR count). The summed E-state index contributed by atoms with van der Waals surface area (Å²) in [4.78, 5) is 18.9. The minimum Gasteiger partial charge on any atom is -0.451 e. The largest absolute Gasteiger partial charge is 0.451 e. The van der Waals surface area contributed by atoms with Crippen molar-refractivity contribution >= 4 is 17.5 Å². The van der Waals surface area contributed by atoms with Crippen LogP contribution in [0, 0.1) is 0 Å². The van der Waals surface area contributed by atoms with Gasteiger partial charge < -0.3 is 9.32 Å². The van der Waals surface area contributed by atoms with Gasteiger partial charge >= 0.3 is 0 Å². The van der Waals surface area contributed by atoms with Crippen LogP contribution in [0.1, 0.15) is 35.0 Å². The number of likely N-dealkylation sites (tertiary alicyclic amines) is 1. The van der Waals surface area contributed by atoms with Gasteiger partial charge in [-0.1, -0.05) is 11.6 Å². The van der Waals surface area contributed by atoms with Crippen molar-refractivity contribution in [2.75, 3.05) is 6.54 Å². The molecule has 0 bridgehead atoms. The summed E-state index contributed by atoms with van der Waals surface area (Å²) in [6.07, 6.45) is 5.48. The fourth-order valence-electron chi connectivity index (χ4n) is 3.31. The van der Waals surface area contributed by atoms with Gasteiger partial charge in [-0.25, -0.2) is 0 Å². The van der Waals surface area contributed by atoms with Crippen LogP contribution in [0.15, 0.2) is 65.3 Å². The second kappa shape index (κ2) is 6.73. The Morgan fingerprint density at radius 2 is 1.84 bits per heavy atom. The number of hydrogen-bond acceptors (Lipinski definition) is 3. The zero-order valence-electron chi connectivity index (χ0n) is 13.6. The van der Waals surface area contributed by atoms with Gasteiger partial charge in [-0.3, -0.25) is 9.78 Å². The number of aromatic nitrogens is 1. The lowest BCUT2D eigenvalue weighted by molar-refractivity contribution is 0.0704. The molecule has 1 fully saturated rings. The van der Waals surface area contributed by atoms with Crippen LogP contribution in [0.4, 0.5) is 0 Å². The molecule has 1 amide bonds. The Kier molecular flexibility index (Phi) is 4.28. The smallest absolute Gasteiger partial charge is 0.290 e. The molecule has 2 aromatic heterocycles. The van der Waals surface area contributed by atoms with Crippen molar-refractivity contribution in [3.05, 3.63) is 77.3 Å². The molecule has 0 N–H and O–H groups in total. The first-order chi connectivity index (χ1) is 12.2. The van der Waals surface area contributed by atoms with Crippen LogP contribution < -0.4 is 0 Å². The van der Waals surface area contributed by atoms with Gasteiger partial charge in [0.05, 0.1) is 6.04 Å². The third-order valence-electron chi connectivity index (χ3n) is 4.55. The molecule has 3 aromatic rings. The first-order valence-electron chi connectivity index (χ1n) is 8.29. The van der Waals surface area contributed by atoms with Gasteiger partial charge in [0, 0.05) is 29.5 Å². The predicted molar refractivity (Wildman–Crippen MR) is 96.4 cm³/mol. The molecular formula is C20H17ClN2O2. The van der Waals surface area contributed by atoms with Gasteiger partial charge in [0.15, 0.2) is 5.76 Å². The van der Waals surface area contributed by atoms with Crippen LogP contribution in [-0.2, 0) is 0 Å². The van der Waals surface area contributed by atoms with Crippen molar-refractivity contribution in [2.24, 2.45) is 0 Å². The van der Waals surface area contributed by atoms with Crippen LogP contribution in [0.3, 0.4) is 0 Å². The maximum atomic E-state index is 12.9. The Bertz CT molecular complexity index is 874. The average molecular weight is 353 g/mol. The highest BCUT2D eigenvalue weighted by molar-refractivity contribution is 6.30. The summed E-state index contributed by atoms with van der Waals surface area (Å²) in [5.41, 5.74) is 2.01. The second-order valence-electron chi connectivity index (χ2n) is 6.11. The minimum absolute atomic E-state index is 0.0699. The van der Waals surface area contributed by atoms with E-state index in [9.17, 15) is 4.79 Å². The molecule has 1 aliphatic rings. The Balaban J connectivity index is 1.58. The van der Waals surface area contributed by atoms with E-state index in [0.717, 1.165) is 30.5 Å². The van der Waals surface area contributed by atoms with Crippen molar-refractivity contribution in [1.29, 1.82) is 0 Å². The fraction of sp³-hybridized carbons (Fsp3) is 0.200. The van der Waals surface area contributed by atoms with Crippen molar-refractivity contribution in [3.63, 3.8) is 0 Å². The second-order valence-corrected chi connectivity index (χ2v) is 6.54. The van der Waals surface area contributed by atoms with Crippen LogP contribution in [0.2, 0.25) is 5.02 Å². The maximum Gasteiger partial charge on any atom is 0.290 e. The molecule has 25 heavy (non-hydrogen) atoms. The third-order valence-corrected chi connectivity index (χ3v) is 4.80. The number of pyridine rings is 1. The first kappa shape index (κ1) is 15.9. The SMILES string of the molecule is O=C(c1ccc(-c2ccc(Cl)cc2)o1)N1CCCC1c1ccncc1. The normalized spacial score (nSPS) is 17.0. The molecule has 1 aromatic carbocycles. The Labute approximate surface area is 151 Å². The molecule has 4 nitrogen and oxygen atoms in total. The Hall–Kier alpha value is -2.59. The van der Waals surface area contributed by atoms with E-state index in [1.165, 1.54) is 0 Å². The van der Waals surface area contributed by atoms with Crippen molar-refractivity contribution < 1.29 is 9.21 Å². The summed E-state index contributed by atoms with van der Waals surface area (Å²) >= 11 is 5.92. The van der Waals surface area contributed by atoms with E-state index in [2.05, 4.69) is 4.98 Å². The van der Waals surface area contributed by atoms with Crippen LogP contribution in [0.5, 0.6) is 0 Å². The predicted octanol–water partition coefficient (Wildman–Crippen LogP) is 4.97. The van der Waals surface area contributed by atoms with Crippen LogP contribution in [0.25, 0.3) is 11.3 Å².